The molecule has 2 heterocycles. The first-order chi connectivity index (χ1) is 14.2. The zero-order valence-corrected chi connectivity index (χ0v) is 16.7. The Balaban J connectivity index is 1.40. The smallest absolute Gasteiger partial charge is 0.166 e. The van der Waals surface area contributed by atoms with E-state index in [0.29, 0.717) is 12.0 Å². The van der Waals surface area contributed by atoms with E-state index in [2.05, 4.69) is 41.3 Å². The third-order valence-electron chi connectivity index (χ3n) is 7.78. The Morgan fingerprint density at radius 3 is 2.90 bits per heavy atom. The fourth-order valence-corrected chi connectivity index (χ4v) is 6.54. The van der Waals surface area contributed by atoms with Crippen LogP contribution in [0.2, 0.25) is 0 Å². The van der Waals surface area contributed by atoms with Crippen molar-refractivity contribution in [2.45, 2.75) is 43.2 Å². The van der Waals surface area contributed by atoms with Gasteiger partial charge in [-0.15, -0.1) is 0 Å². The van der Waals surface area contributed by atoms with Crippen LogP contribution in [-0.2, 0) is 18.3 Å². The lowest BCUT2D eigenvalue weighted by Crippen LogP contribution is -2.64. The maximum absolute atomic E-state index is 15.0. The highest BCUT2D eigenvalue weighted by molar-refractivity contribution is 5.62. The highest BCUT2D eigenvalue weighted by Gasteiger charge is 2.64. The molecule has 1 fully saturated rings. The predicted molar refractivity (Wildman–Crippen MR) is 110 cm³/mol. The molecule has 2 aliphatic heterocycles. The lowest BCUT2D eigenvalue weighted by Gasteiger charge is -2.57. The third kappa shape index (κ3) is 2.32. The Labute approximate surface area is 171 Å². The number of allylic oxidation sites excluding steroid dienone is 1. The van der Waals surface area contributed by atoms with E-state index in [1.54, 1.807) is 13.2 Å². The molecule has 0 N–H and O–H groups in total. The number of methoxy groups -OCH3 is 1. The summed E-state index contributed by atoms with van der Waals surface area (Å²) in [5, 5.41) is 0. The number of halogens is 1. The number of rotatable bonds is 4. The quantitative estimate of drug-likeness (QED) is 0.769. The molecule has 0 saturated carbocycles. The summed E-state index contributed by atoms with van der Waals surface area (Å²) < 4.78 is 26.9. The third-order valence-corrected chi connectivity index (χ3v) is 7.78. The molecule has 2 aliphatic carbocycles. The van der Waals surface area contributed by atoms with Crippen molar-refractivity contribution in [2.24, 2.45) is 5.92 Å². The second kappa shape index (κ2) is 6.33. The highest BCUT2D eigenvalue weighted by atomic mass is 19.1. The largest absolute Gasteiger partial charge is 0.493 e. The summed E-state index contributed by atoms with van der Waals surface area (Å²) in [4.78, 5) is 2.65. The fourth-order valence-electron chi connectivity index (χ4n) is 6.54. The SMILES string of the molecule is COc1ccc2c3c1OC1C(F)=CC[C@H]4[C@@H](C2)N(CCc2ccccc2)CC[C@]314. The molecule has 0 aromatic heterocycles. The lowest BCUT2D eigenvalue weighted by atomic mass is 9.53. The molecule has 150 valence electrons. The predicted octanol–water partition coefficient (Wildman–Crippen LogP) is 4.44. The Hall–Kier alpha value is -2.33. The van der Waals surface area contributed by atoms with E-state index in [4.69, 9.17) is 9.47 Å². The summed E-state index contributed by atoms with van der Waals surface area (Å²) in [5.41, 5.74) is 3.72. The van der Waals surface area contributed by atoms with E-state index < -0.39 is 6.10 Å². The van der Waals surface area contributed by atoms with Crippen LogP contribution >= 0.6 is 0 Å². The molecule has 3 nitrogen and oxygen atoms in total. The van der Waals surface area contributed by atoms with E-state index in [0.717, 1.165) is 50.3 Å². The average molecular weight is 391 g/mol. The molecule has 2 aromatic rings. The van der Waals surface area contributed by atoms with Gasteiger partial charge in [-0.05, 0) is 61.4 Å². The number of piperidine rings is 1. The maximum atomic E-state index is 15.0. The van der Waals surface area contributed by atoms with Gasteiger partial charge in [0.2, 0.25) is 0 Å². The second-order valence-corrected chi connectivity index (χ2v) is 8.89. The van der Waals surface area contributed by atoms with Gasteiger partial charge in [-0.3, -0.25) is 4.90 Å². The van der Waals surface area contributed by atoms with Crippen LogP contribution in [0.3, 0.4) is 0 Å². The molecule has 4 aliphatic rings. The monoisotopic (exact) mass is 391 g/mol. The van der Waals surface area contributed by atoms with E-state index in [1.807, 2.05) is 6.07 Å². The normalized spacial score (nSPS) is 31.7. The molecule has 2 bridgehead atoms. The first-order valence-corrected chi connectivity index (χ1v) is 10.7. The maximum Gasteiger partial charge on any atom is 0.166 e. The lowest BCUT2D eigenvalue weighted by molar-refractivity contribution is -0.0263. The minimum atomic E-state index is -0.481. The number of ether oxygens (including phenoxy) is 2. The van der Waals surface area contributed by atoms with E-state index in [1.165, 1.54) is 16.7 Å². The number of likely N-dealkylation sites (tertiary alicyclic amines) is 1. The van der Waals surface area contributed by atoms with Crippen molar-refractivity contribution < 1.29 is 13.9 Å². The van der Waals surface area contributed by atoms with Crippen molar-refractivity contribution in [3.8, 4) is 11.5 Å². The Bertz CT molecular complexity index is 988. The number of hydrogen-bond donors (Lipinski definition) is 0. The Morgan fingerprint density at radius 1 is 1.21 bits per heavy atom. The molecule has 0 radical (unpaired) electrons. The fraction of sp³-hybridized carbons (Fsp3) is 0.440. The van der Waals surface area contributed by atoms with Crippen molar-refractivity contribution in [1.82, 2.24) is 4.90 Å². The van der Waals surface area contributed by atoms with Gasteiger partial charge in [-0.1, -0.05) is 36.4 Å². The molecule has 4 heteroatoms. The summed E-state index contributed by atoms with van der Waals surface area (Å²) >= 11 is 0. The van der Waals surface area contributed by atoms with E-state index in [9.17, 15) is 4.39 Å². The minimum absolute atomic E-state index is 0.0937. The van der Waals surface area contributed by atoms with Crippen LogP contribution in [0.5, 0.6) is 11.5 Å². The topological polar surface area (TPSA) is 21.7 Å². The zero-order chi connectivity index (χ0) is 19.6. The minimum Gasteiger partial charge on any atom is -0.493 e. The van der Waals surface area contributed by atoms with Gasteiger partial charge in [0.15, 0.2) is 17.6 Å². The number of benzene rings is 2. The van der Waals surface area contributed by atoms with Crippen molar-refractivity contribution >= 4 is 0 Å². The van der Waals surface area contributed by atoms with Gasteiger partial charge >= 0.3 is 0 Å². The van der Waals surface area contributed by atoms with Crippen LogP contribution in [0.15, 0.2) is 54.4 Å². The summed E-state index contributed by atoms with van der Waals surface area (Å²) in [6.45, 7) is 2.05. The molecule has 0 amide bonds. The molecule has 1 spiro atoms. The van der Waals surface area contributed by atoms with Gasteiger partial charge in [0.1, 0.15) is 5.83 Å². The molecular formula is C25H26FNO2. The van der Waals surface area contributed by atoms with Gasteiger partial charge in [0, 0.05) is 23.6 Å². The number of hydrogen-bond acceptors (Lipinski definition) is 3. The average Bonchev–Trinajstić information content (AvgIpc) is 3.10. The summed E-state index contributed by atoms with van der Waals surface area (Å²) in [6.07, 6.45) is 5.12. The van der Waals surface area contributed by atoms with Gasteiger partial charge in [-0.2, -0.15) is 0 Å². The molecule has 1 saturated heterocycles. The highest BCUT2D eigenvalue weighted by Crippen LogP contribution is 2.63. The van der Waals surface area contributed by atoms with Gasteiger partial charge in [0.05, 0.1) is 7.11 Å². The first-order valence-electron chi connectivity index (χ1n) is 10.7. The van der Waals surface area contributed by atoms with E-state index in [-0.39, 0.29) is 11.2 Å². The molecule has 4 atom stereocenters. The Kier molecular flexibility index (Phi) is 3.83. The van der Waals surface area contributed by atoms with Crippen molar-refractivity contribution in [3.63, 3.8) is 0 Å². The zero-order valence-electron chi connectivity index (χ0n) is 16.7. The molecule has 1 unspecified atom stereocenters. The van der Waals surface area contributed by atoms with Crippen LogP contribution in [0.25, 0.3) is 0 Å². The summed E-state index contributed by atoms with van der Waals surface area (Å²) in [6, 6.07) is 15.3. The van der Waals surface area contributed by atoms with Crippen molar-refractivity contribution in [2.75, 3.05) is 20.2 Å². The van der Waals surface area contributed by atoms with Gasteiger partial charge in [-0.25, -0.2) is 4.39 Å². The summed E-state index contributed by atoms with van der Waals surface area (Å²) in [5.74, 6) is 1.84. The Morgan fingerprint density at radius 2 is 2.07 bits per heavy atom. The first kappa shape index (κ1) is 17.5. The van der Waals surface area contributed by atoms with Crippen LogP contribution < -0.4 is 9.47 Å². The summed E-state index contributed by atoms with van der Waals surface area (Å²) in [7, 11) is 1.67. The molecule has 29 heavy (non-hydrogen) atoms. The molecular weight excluding hydrogens is 365 g/mol. The van der Waals surface area contributed by atoms with Crippen molar-refractivity contribution in [3.05, 3.63) is 71.1 Å². The second-order valence-electron chi connectivity index (χ2n) is 8.89. The standard InChI is InChI=1S/C25H26FNO2/c1-28-21-10-7-17-15-20-18-8-9-19(26)24-25(18,22(17)23(21)29-24)12-14-27(20)13-11-16-5-3-2-4-6-16/h2-7,9-10,18,20,24H,8,11-15H2,1H3/t18-,20+,24?,25-/m0/s1. The van der Waals surface area contributed by atoms with Crippen LogP contribution in [0.1, 0.15) is 29.5 Å². The number of nitrogens with zero attached hydrogens (tertiary/aromatic N) is 1. The molecule has 2 aromatic carbocycles. The molecule has 6 rings (SSSR count). The van der Waals surface area contributed by atoms with Crippen LogP contribution in [0, 0.1) is 5.92 Å². The van der Waals surface area contributed by atoms with Gasteiger partial charge < -0.3 is 9.47 Å². The van der Waals surface area contributed by atoms with Crippen LogP contribution in [-0.4, -0.2) is 37.2 Å². The van der Waals surface area contributed by atoms with Gasteiger partial charge in [0.25, 0.3) is 0 Å². The van der Waals surface area contributed by atoms with Crippen LogP contribution in [0.4, 0.5) is 4.39 Å². The van der Waals surface area contributed by atoms with Crippen molar-refractivity contribution in [1.29, 1.82) is 0 Å². The van der Waals surface area contributed by atoms with E-state index >= 15 is 0 Å².